The number of alkyl halides is 3. The number of benzene rings is 1. The molecule has 0 heterocycles. The van der Waals surface area contributed by atoms with Crippen LogP contribution >= 0.6 is 11.8 Å². The number of hydrogen-bond donors (Lipinski definition) is 1. The van der Waals surface area contributed by atoms with E-state index in [1.54, 1.807) is 0 Å². The van der Waals surface area contributed by atoms with E-state index in [-0.39, 0.29) is 5.75 Å². The summed E-state index contributed by atoms with van der Waals surface area (Å²) < 4.78 is 36.2. The molecular formula is C14H20F3NS. The predicted molar refractivity (Wildman–Crippen MR) is 74.4 cm³/mol. The Hall–Kier alpha value is -0.680. The molecule has 0 aliphatic carbocycles. The first-order valence-electron chi connectivity index (χ1n) is 6.36. The Morgan fingerprint density at radius 1 is 1.26 bits per heavy atom. The van der Waals surface area contributed by atoms with Gasteiger partial charge in [0, 0.05) is 17.2 Å². The van der Waals surface area contributed by atoms with Crippen molar-refractivity contribution in [2.24, 2.45) is 5.92 Å². The second kappa shape index (κ2) is 7.80. The van der Waals surface area contributed by atoms with Crippen molar-refractivity contribution < 1.29 is 13.2 Å². The average molecular weight is 291 g/mol. The summed E-state index contributed by atoms with van der Waals surface area (Å²) in [4.78, 5) is 0.896. The zero-order chi connectivity index (χ0) is 14.3. The van der Waals surface area contributed by atoms with Crippen LogP contribution < -0.4 is 5.32 Å². The van der Waals surface area contributed by atoms with Crippen LogP contribution in [-0.4, -0.2) is 18.5 Å². The fraction of sp³-hybridized carbons (Fsp3) is 0.571. The molecule has 1 aromatic carbocycles. The van der Waals surface area contributed by atoms with Gasteiger partial charge in [-0.25, -0.2) is 0 Å². The Morgan fingerprint density at radius 2 is 2.00 bits per heavy atom. The first-order valence-corrected chi connectivity index (χ1v) is 7.34. The molecule has 0 unspecified atom stereocenters. The quantitative estimate of drug-likeness (QED) is 0.744. The molecule has 0 aliphatic rings. The number of nitrogens with one attached hydrogen (secondary N) is 1. The highest BCUT2D eigenvalue weighted by atomic mass is 32.2. The highest BCUT2D eigenvalue weighted by Crippen LogP contribution is 2.26. The van der Waals surface area contributed by atoms with E-state index < -0.39 is 12.6 Å². The number of thioether (sulfide) groups is 1. The van der Waals surface area contributed by atoms with Crippen molar-refractivity contribution in [3.05, 3.63) is 29.8 Å². The van der Waals surface area contributed by atoms with E-state index in [9.17, 15) is 13.2 Å². The molecule has 1 aromatic rings. The van der Waals surface area contributed by atoms with Crippen LogP contribution in [0.2, 0.25) is 0 Å². The van der Waals surface area contributed by atoms with Crippen LogP contribution in [0.15, 0.2) is 29.2 Å². The summed E-state index contributed by atoms with van der Waals surface area (Å²) in [5, 5.41) is 3.32. The number of hydrogen-bond acceptors (Lipinski definition) is 2. The normalized spacial score (nSPS) is 12.1. The third kappa shape index (κ3) is 8.16. The SMILES string of the molecule is CC(C)CNCc1cccc(SCCC(F)(F)F)c1. The Balaban J connectivity index is 2.39. The average Bonchev–Trinajstić information content (AvgIpc) is 2.27. The summed E-state index contributed by atoms with van der Waals surface area (Å²) in [5.41, 5.74) is 1.11. The van der Waals surface area contributed by atoms with Crippen LogP contribution in [0.1, 0.15) is 25.8 Å². The second-order valence-corrected chi connectivity index (χ2v) is 6.05. The second-order valence-electron chi connectivity index (χ2n) is 4.89. The molecule has 0 bridgehead atoms. The predicted octanol–water partition coefficient (Wildman–Crippen LogP) is 4.48. The lowest BCUT2D eigenvalue weighted by Crippen LogP contribution is -2.18. The minimum atomic E-state index is -4.07. The fourth-order valence-corrected chi connectivity index (χ4v) is 2.51. The van der Waals surface area contributed by atoms with Gasteiger partial charge in [0.25, 0.3) is 0 Å². The molecule has 108 valence electrons. The van der Waals surface area contributed by atoms with Gasteiger partial charge < -0.3 is 5.32 Å². The van der Waals surface area contributed by atoms with Gasteiger partial charge >= 0.3 is 6.18 Å². The molecule has 0 saturated carbocycles. The minimum Gasteiger partial charge on any atom is -0.312 e. The molecule has 0 saturated heterocycles. The van der Waals surface area contributed by atoms with Crippen molar-refractivity contribution in [2.75, 3.05) is 12.3 Å². The van der Waals surface area contributed by atoms with Gasteiger partial charge in [-0.1, -0.05) is 26.0 Å². The zero-order valence-electron chi connectivity index (χ0n) is 11.3. The van der Waals surface area contributed by atoms with E-state index >= 15 is 0 Å². The molecule has 1 nitrogen and oxygen atoms in total. The summed E-state index contributed by atoms with van der Waals surface area (Å²) in [6.45, 7) is 5.96. The van der Waals surface area contributed by atoms with Crippen molar-refractivity contribution in [3.63, 3.8) is 0 Å². The van der Waals surface area contributed by atoms with Crippen molar-refractivity contribution in [2.45, 2.75) is 37.9 Å². The van der Waals surface area contributed by atoms with Gasteiger partial charge in [-0.05, 0) is 30.2 Å². The summed E-state index contributed by atoms with van der Waals surface area (Å²) in [7, 11) is 0. The van der Waals surface area contributed by atoms with E-state index in [4.69, 9.17) is 0 Å². The van der Waals surface area contributed by atoms with E-state index in [0.29, 0.717) is 5.92 Å². The molecule has 0 aliphatic heterocycles. The van der Waals surface area contributed by atoms with Crippen LogP contribution in [0.5, 0.6) is 0 Å². The van der Waals surface area contributed by atoms with Crippen molar-refractivity contribution >= 4 is 11.8 Å². The topological polar surface area (TPSA) is 12.0 Å². The van der Waals surface area contributed by atoms with E-state index in [0.717, 1.165) is 23.5 Å². The van der Waals surface area contributed by atoms with Crippen molar-refractivity contribution in [1.82, 2.24) is 5.32 Å². The van der Waals surface area contributed by atoms with Gasteiger partial charge in [0.1, 0.15) is 0 Å². The summed E-state index contributed by atoms with van der Waals surface area (Å²) >= 11 is 1.25. The first-order chi connectivity index (χ1) is 8.87. The van der Waals surface area contributed by atoms with Crippen LogP contribution in [0.4, 0.5) is 13.2 Å². The zero-order valence-corrected chi connectivity index (χ0v) is 12.1. The smallest absolute Gasteiger partial charge is 0.312 e. The molecule has 0 atom stereocenters. The Bertz CT molecular complexity index is 377. The van der Waals surface area contributed by atoms with E-state index in [1.165, 1.54) is 11.8 Å². The lowest BCUT2D eigenvalue weighted by molar-refractivity contribution is -0.129. The molecule has 1 rings (SSSR count). The molecule has 1 N–H and O–H groups in total. The lowest BCUT2D eigenvalue weighted by Gasteiger charge is -2.09. The molecule has 19 heavy (non-hydrogen) atoms. The molecule has 0 amide bonds. The third-order valence-corrected chi connectivity index (χ3v) is 3.43. The van der Waals surface area contributed by atoms with E-state index in [1.807, 2.05) is 24.3 Å². The molecule has 0 spiro atoms. The molecule has 0 radical (unpaired) electrons. The Kier molecular flexibility index (Phi) is 6.72. The maximum atomic E-state index is 12.1. The summed E-state index contributed by atoms with van der Waals surface area (Å²) in [6, 6.07) is 7.69. The summed E-state index contributed by atoms with van der Waals surface area (Å²) in [5.74, 6) is 0.663. The number of halogens is 3. The van der Waals surface area contributed by atoms with Gasteiger partial charge in [-0.3, -0.25) is 0 Å². The number of rotatable bonds is 7. The van der Waals surface area contributed by atoms with Crippen LogP contribution in [0.3, 0.4) is 0 Å². The molecule has 5 heteroatoms. The monoisotopic (exact) mass is 291 g/mol. The molecular weight excluding hydrogens is 271 g/mol. The minimum absolute atomic E-state index is 0.0758. The van der Waals surface area contributed by atoms with Crippen LogP contribution in [0.25, 0.3) is 0 Å². The van der Waals surface area contributed by atoms with Gasteiger partial charge in [0.05, 0.1) is 6.42 Å². The standard InChI is InChI=1S/C14H20F3NS/c1-11(2)9-18-10-12-4-3-5-13(8-12)19-7-6-14(15,16)17/h3-5,8,11,18H,6-7,9-10H2,1-2H3. The highest BCUT2D eigenvalue weighted by Gasteiger charge is 2.26. The Morgan fingerprint density at radius 3 is 2.63 bits per heavy atom. The van der Waals surface area contributed by atoms with E-state index in [2.05, 4.69) is 19.2 Å². The van der Waals surface area contributed by atoms with Gasteiger partial charge in [0.2, 0.25) is 0 Å². The van der Waals surface area contributed by atoms with Crippen molar-refractivity contribution in [3.8, 4) is 0 Å². The maximum Gasteiger partial charge on any atom is 0.389 e. The lowest BCUT2D eigenvalue weighted by atomic mass is 10.2. The van der Waals surface area contributed by atoms with Gasteiger partial charge in [0.15, 0.2) is 0 Å². The van der Waals surface area contributed by atoms with Gasteiger partial charge in [-0.15, -0.1) is 11.8 Å². The van der Waals surface area contributed by atoms with Crippen LogP contribution in [0, 0.1) is 5.92 Å². The largest absolute Gasteiger partial charge is 0.389 e. The van der Waals surface area contributed by atoms with Gasteiger partial charge in [-0.2, -0.15) is 13.2 Å². The third-order valence-electron chi connectivity index (χ3n) is 2.43. The van der Waals surface area contributed by atoms with Crippen LogP contribution in [-0.2, 0) is 6.54 Å². The summed E-state index contributed by atoms with van der Waals surface area (Å²) in [6.07, 6.45) is -4.81. The maximum absolute atomic E-state index is 12.1. The highest BCUT2D eigenvalue weighted by molar-refractivity contribution is 7.99. The molecule has 0 aromatic heterocycles. The van der Waals surface area contributed by atoms with Crippen molar-refractivity contribution in [1.29, 1.82) is 0 Å². The first kappa shape index (κ1) is 16.4. The molecule has 0 fully saturated rings. The fourth-order valence-electron chi connectivity index (χ4n) is 1.54. The Labute approximate surface area is 117 Å².